The van der Waals surface area contributed by atoms with Crippen molar-refractivity contribution in [3.8, 4) is 0 Å². The molecule has 2 unspecified atom stereocenters. The molecule has 4 rings (SSSR count). The average molecular weight is 417 g/mol. The number of benzene rings is 2. The van der Waals surface area contributed by atoms with Crippen molar-refractivity contribution in [2.45, 2.75) is 39.5 Å². The van der Waals surface area contributed by atoms with E-state index in [2.05, 4.69) is 13.8 Å². The molecule has 0 spiro atoms. The Bertz CT molecular complexity index is 1040. The van der Waals surface area contributed by atoms with E-state index < -0.39 is 17.8 Å². The first-order valence-corrected chi connectivity index (χ1v) is 10.8. The van der Waals surface area contributed by atoms with E-state index in [9.17, 15) is 9.59 Å². The van der Waals surface area contributed by atoms with Gasteiger partial charge in [-0.3, -0.25) is 15.0 Å². The van der Waals surface area contributed by atoms with Crippen LogP contribution < -0.4 is 4.90 Å². The molecule has 0 amide bonds. The summed E-state index contributed by atoms with van der Waals surface area (Å²) >= 11 is 0. The molecule has 2 atom stereocenters. The summed E-state index contributed by atoms with van der Waals surface area (Å²) in [6, 6.07) is 19.1. The first-order chi connectivity index (χ1) is 14.8. The lowest BCUT2D eigenvalue weighted by Crippen LogP contribution is -2.51. The Hall–Kier alpha value is -3.21. The fourth-order valence-corrected chi connectivity index (χ4v) is 4.83. The first-order valence-electron chi connectivity index (χ1n) is 10.8. The quantitative estimate of drug-likeness (QED) is 0.705. The minimum atomic E-state index is -0.883. The molecule has 2 aliphatic rings. The normalized spacial score (nSPS) is 22.9. The number of amidine groups is 1. The van der Waals surface area contributed by atoms with Crippen molar-refractivity contribution in [3.05, 3.63) is 77.5 Å². The van der Waals surface area contributed by atoms with Gasteiger partial charge in [0.05, 0.1) is 6.61 Å². The van der Waals surface area contributed by atoms with Gasteiger partial charge in [-0.15, -0.1) is 0 Å². The molecule has 1 aliphatic heterocycles. The van der Waals surface area contributed by atoms with Crippen LogP contribution in [-0.4, -0.2) is 24.2 Å². The fourth-order valence-electron chi connectivity index (χ4n) is 4.83. The first kappa shape index (κ1) is 21.0. The molecule has 2 aromatic carbocycles. The zero-order valence-corrected chi connectivity index (χ0v) is 18.2. The van der Waals surface area contributed by atoms with Gasteiger partial charge in [0.2, 0.25) is 0 Å². The highest BCUT2D eigenvalue weighted by atomic mass is 16.5. The van der Waals surface area contributed by atoms with E-state index >= 15 is 0 Å². The van der Waals surface area contributed by atoms with Gasteiger partial charge in [-0.05, 0) is 36.5 Å². The Balaban J connectivity index is 1.99. The van der Waals surface area contributed by atoms with Gasteiger partial charge in [0, 0.05) is 29.3 Å². The smallest absolute Gasteiger partial charge is 0.317 e. The molecule has 0 bridgehead atoms. The van der Waals surface area contributed by atoms with Crippen LogP contribution in [0.3, 0.4) is 0 Å². The summed E-state index contributed by atoms with van der Waals surface area (Å²) in [5.74, 6) is -1.67. The Kier molecular flexibility index (Phi) is 5.52. The van der Waals surface area contributed by atoms with Crippen molar-refractivity contribution in [2.24, 2.45) is 11.3 Å². The van der Waals surface area contributed by atoms with E-state index in [4.69, 9.17) is 10.1 Å². The van der Waals surface area contributed by atoms with E-state index in [1.54, 1.807) is 11.8 Å². The number of para-hydroxylation sites is 1. The molecule has 0 aromatic heterocycles. The van der Waals surface area contributed by atoms with Crippen LogP contribution in [0.5, 0.6) is 0 Å². The lowest BCUT2D eigenvalue weighted by atomic mass is 9.66. The Morgan fingerprint density at radius 1 is 1.06 bits per heavy atom. The topological polar surface area (TPSA) is 70.5 Å². The van der Waals surface area contributed by atoms with E-state index in [0.29, 0.717) is 18.4 Å². The van der Waals surface area contributed by atoms with Gasteiger partial charge < -0.3 is 9.64 Å². The highest BCUT2D eigenvalue weighted by Crippen LogP contribution is 2.50. The van der Waals surface area contributed by atoms with E-state index in [-0.39, 0.29) is 23.6 Å². The summed E-state index contributed by atoms with van der Waals surface area (Å²) in [5, 5.41) is 9.13. The van der Waals surface area contributed by atoms with Gasteiger partial charge in [-0.2, -0.15) is 0 Å². The molecule has 1 heterocycles. The van der Waals surface area contributed by atoms with Crippen LogP contribution in [0.4, 0.5) is 5.69 Å². The summed E-state index contributed by atoms with van der Waals surface area (Å²) in [4.78, 5) is 28.5. The van der Waals surface area contributed by atoms with Crippen LogP contribution in [0.1, 0.15) is 45.1 Å². The number of ketones is 1. The number of nitrogens with zero attached hydrogens (tertiary/aromatic N) is 1. The van der Waals surface area contributed by atoms with Gasteiger partial charge >= 0.3 is 5.97 Å². The molecule has 1 N–H and O–H groups in total. The Labute approximate surface area is 183 Å². The van der Waals surface area contributed by atoms with Gasteiger partial charge in [0.15, 0.2) is 5.78 Å². The maximum atomic E-state index is 13.5. The number of rotatable bonds is 4. The number of hydrogen-bond donors (Lipinski definition) is 1. The molecule has 0 saturated heterocycles. The predicted molar refractivity (Wildman–Crippen MR) is 121 cm³/mol. The van der Waals surface area contributed by atoms with Crippen LogP contribution >= 0.6 is 0 Å². The van der Waals surface area contributed by atoms with E-state index in [0.717, 1.165) is 16.9 Å². The molecule has 2 aromatic rings. The minimum Gasteiger partial charge on any atom is -0.465 e. The van der Waals surface area contributed by atoms with Gasteiger partial charge in [-0.1, -0.05) is 62.4 Å². The SMILES string of the molecule is CCOC(=O)C1C(=N)N(c2ccccc2)C2=C(C(=O)CC(C)(C)C2)C1c1ccccc1. The van der Waals surface area contributed by atoms with Crippen molar-refractivity contribution < 1.29 is 14.3 Å². The fraction of sp³-hybridized carbons (Fsp3) is 0.346. The van der Waals surface area contributed by atoms with Crippen LogP contribution in [0.15, 0.2) is 71.9 Å². The van der Waals surface area contributed by atoms with Gasteiger partial charge in [0.1, 0.15) is 11.8 Å². The third-order valence-corrected chi connectivity index (χ3v) is 6.06. The minimum absolute atomic E-state index is 0.0443. The standard InChI is InChI=1S/C26H28N2O3/c1-4-31-25(30)23-21(17-11-7-5-8-12-17)22-19(15-26(2,3)16-20(22)29)28(24(23)27)18-13-9-6-10-14-18/h5-14,21,23,27H,4,15-16H2,1-3H3. The number of esters is 1. The third-order valence-electron chi connectivity index (χ3n) is 6.06. The molecule has 0 saturated carbocycles. The van der Waals surface area contributed by atoms with Crippen molar-refractivity contribution in [2.75, 3.05) is 11.5 Å². The lowest BCUT2D eigenvalue weighted by Gasteiger charge is -2.46. The van der Waals surface area contributed by atoms with Gasteiger partial charge in [-0.25, -0.2) is 0 Å². The molecule has 160 valence electrons. The number of Topliss-reactive ketones (excluding diaryl/α,β-unsaturated/α-hetero) is 1. The number of hydrogen-bond acceptors (Lipinski definition) is 4. The number of ether oxygens (including phenoxy) is 1. The highest BCUT2D eigenvalue weighted by molar-refractivity contribution is 6.16. The number of carbonyl (C=O) groups is 2. The molecule has 0 radical (unpaired) electrons. The second-order valence-electron chi connectivity index (χ2n) is 8.98. The Morgan fingerprint density at radius 3 is 2.29 bits per heavy atom. The highest BCUT2D eigenvalue weighted by Gasteiger charge is 2.50. The number of carbonyl (C=O) groups excluding carboxylic acids is 2. The van der Waals surface area contributed by atoms with Crippen molar-refractivity contribution >= 4 is 23.3 Å². The monoisotopic (exact) mass is 416 g/mol. The van der Waals surface area contributed by atoms with Crippen LogP contribution in [0.2, 0.25) is 0 Å². The summed E-state index contributed by atoms with van der Waals surface area (Å²) in [7, 11) is 0. The number of anilines is 1. The van der Waals surface area contributed by atoms with E-state index in [1.165, 1.54) is 0 Å². The molecular weight excluding hydrogens is 388 g/mol. The third kappa shape index (κ3) is 3.80. The van der Waals surface area contributed by atoms with Crippen molar-refractivity contribution in [3.63, 3.8) is 0 Å². The lowest BCUT2D eigenvalue weighted by molar-refractivity contribution is -0.146. The van der Waals surface area contributed by atoms with E-state index in [1.807, 2.05) is 60.7 Å². The molecule has 0 fully saturated rings. The maximum absolute atomic E-state index is 13.5. The summed E-state index contributed by atoms with van der Waals surface area (Å²) in [5.41, 5.74) is 2.89. The van der Waals surface area contributed by atoms with Crippen LogP contribution in [0, 0.1) is 16.7 Å². The molecule has 1 aliphatic carbocycles. The molecule has 5 nitrogen and oxygen atoms in total. The number of nitrogens with one attached hydrogen (secondary N) is 1. The van der Waals surface area contributed by atoms with Crippen molar-refractivity contribution in [1.82, 2.24) is 0 Å². The predicted octanol–water partition coefficient (Wildman–Crippen LogP) is 5.09. The van der Waals surface area contributed by atoms with Crippen LogP contribution in [-0.2, 0) is 14.3 Å². The summed E-state index contributed by atoms with van der Waals surface area (Å²) < 4.78 is 5.40. The molecule has 5 heteroatoms. The maximum Gasteiger partial charge on any atom is 0.317 e. The zero-order valence-electron chi connectivity index (χ0n) is 18.2. The summed E-state index contributed by atoms with van der Waals surface area (Å²) in [6.07, 6.45) is 1.07. The average Bonchev–Trinajstić information content (AvgIpc) is 2.73. The Morgan fingerprint density at radius 2 is 1.68 bits per heavy atom. The van der Waals surface area contributed by atoms with Crippen molar-refractivity contribution in [1.29, 1.82) is 5.41 Å². The van der Waals surface area contributed by atoms with Crippen LogP contribution in [0.25, 0.3) is 0 Å². The molecule has 31 heavy (non-hydrogen) atoms. The van der Waals surface area contributed by atoms with Gasteiger partial charge in [0.25, 0.3) is 0 Å². The second kappa shape index (κ2) is 8.14. The summed E-state index contributed by atoms with van der Waals surface area (Å²) in [6.45, 7) is 6.14. The second-order valence-corrected chi connectivity index (χ2v) is 8.98. The largest absolute Gasteiger partial charge is 0.465 e. The molecular formula is C26H28N2O3. The number of allylic oxidation sites excluding steroid dienone is 2. The zero-order chi connectivity index (χ0) is 22.2.